The molecule has 0 aliphatic rings. The van der Waals surface area contributed by atoms with Gasteiger partial charge in [0.2, 0.25) is 0 Å². The fourth-order valence-electron chi connectivity index (χ4n) is 1.08. The summed E-state index contributed by atoms with van der Waals surface area (Å²) in [5.41, 5.74) is 2.14. The maximum Gasteiger partial charge on any atom is 0.316 e. The van der Waals surface area contributed by atoms with Crippen LogP contribution in [0.2, 0.25) is 0 Å². The zero-order valence-corrected chi connectivity index (χ0v) is 12.2. The van der Waals surface area contributed by atoms with Crippen LogP contribution in [0, 0.1) is 0 Å². The van der Waals surface area contributed by atoms with E-state index in [0.717, 1.165) is 11.1 Å². The van der Waals surface area contributed by atoms with Crippen molar-refractivity contribution in [2.45, 2.75) is 33.1 Å². The van der Waals surface area contributed by atoms with Gasteiger partial charge in [-0.15, -0.1) is 0 Å². The molecule has 0 spiro atoms. The van der Waals surface area contributed by atoms with Crippen LogP contribution in [-0.2, 0) is 15.5 Å². The molecule has 0 radical (unpaired) electrons. The first-order valence-electron chi connectivity index (χ1n) is 6.21. The topological polar surface area (TPSA) is 46.5 Å². The van der Waals surface area contributed by atoms with Crippen LogP contribution in [0.5, 0.6) is 0 Å². The maximum absolute atomic E-state index is 10.2. The molecule has 0 fully saturated rings. The van der Waals surface area contributed by atoms with Crippen molar-refractivity contribution in [3.63, 3.8) is 0 Å². The predicted octanol–water partition coefficient (Wildman–Crippen LogP) is 4.08. The van der Waals surface area contributed by atoms with E-state index in [9.17, 15) is 4.57 Å². The van der Waals surface area contributed by atoms with Gasteiger partial charge in [-0.3, -0.25) is 4.57 Å². The molecule has 0 saturated carbocycles. The first-order valence-corrected chi connectivity index (χ1v) is 7.47. The standard InChI is InChI=1S/C10H13O3P.C4H10/c1-2-9-3-5-10(6-4-9)7-8-13-14(11)12;1-3-4-2/h2-6,14H,1,7-8H2,(H,11,12);3-4H2,1-2H3. The third kappa shape index (κ3) is 9.17. The summed E-state index contributed by atoms with van der Waals surface area (Å²) in [4.78, 5) is 8.42. The Balaban J connectivity index is 0.000000631. The Hall–Kier alpha value is -0.890. The van der Waals surface area contributed by atoms with Gasteiger partial charge in [0.1, 0.15) is 0 Å². The molecule has 1 atom stereocenters. The van der Waals surface area contributed by atoms with Crippen molar-refractivity contribution in [2.75, 3.05) is 6.61 Å². The van der Waals surface area contributed by atoms with Crippen molar-refractivity contribution in [2.24, 2.45) is 0 Å². The lowest BCUT2D eigenvalue weighted by molar-refractivity contribution is 0.285. The summed E-state index contributed by atoms with van der Waals surface area (Å²) in [7, 11) is -2.78. The molecular formula is C14H23O3P. The lowest BCUT2D eigenvalue weighted by Crippen LogP contribution is -1.92. The quantitative estimate of drug-likeness (QED) is 0.792. The molecule has 1 N–H and O–H groups in total. The van der Waals surface area contributed by atoms with Gasteiger partial charge in [-0.2, -0.15) is 0 Å². The van der Waals surface area contributed by atoms with Gasteiger partial charge in [-0.05, 0) is 17.5 Å². The van der Waals surface area contributed by atoms with Crippen LogP contribution in [-0.4, -0.2) is 11.5 Å². The normalized spacial score (nSPS) is 11.3. The molecule has 0 aliphatic heterocycles. The monoisotopic (exact) mass is 270 g/mol. The second-order valence-electron chi connectivity index (χ2n) is 3.81. The Kier molecular flexibility index (Phi) is 10.7. The highest BCUT2D eigenvalue weighted by Gasteiger charge is 1.95. The minimum absolute atomic E-state index is 0.279. The van der Waals surface area contributed by atoms with Crippen LogP contribution in [0.25, 0.3) is 6.08 Å². The fourth-order valence-corrected chi connectivity index (χ4v) is 1.35. The Morgan fingerprint density at radius 3 is 2.22 bits per heavy atom. The van der Waals surface area contributed by atoms with Crippen LogP contribution >= 0.6 is 8.25 Å². The van der Waals surface area contributed by atoms with Crippen molar-refractivity contribution >= 4 is 14.3 Å². The Morgan fingerprint density at radius 1 is 1.28 bits per heavy atom. The van der Waals surface area contributed by atoms with Crippen molar-refractivity contribution < 1.29 is 14.0 Å². The van der Waals surface area contributed by atoms with E-state index in [1.165, 1.54) is 12.8 Å². The summed E-state index contributed by atoms with van der Waals surface area (Å²) in [6, 6.07) is 7.80. The molecule has 1 unspecified atom stereocenters. The average molecular weight is 270 g/mol. The summed E-state index contributed by atoms with van der Waals surface area (Å²) >= 11 is 0. The van der Waals surface area contributed by atoms with Gasteiger partial charge in [0, 0.05) is 0 Å². The van der Waals surface area contributed by atoms with Crippen LogP contribution in [0.3, 0.4) is 0 Å². The Morgan fingerprint density at radius 2 is 1.83 bits per heavy atom. The zero-order valence-electron chi connectivity index (χ0n) is 11.2. The van der Waals surface area contributed by atoms with Crippen molar-refractivity contribution in [3.05, 3.63) is 42.0 Å². The summed E-state index contributed by atoms with van der Waals surface area (Å²) in [6.07, 6.45) is 5.06. The third-order valence-corrected chi connectivity index (χ3v) is 2.78. The fraction of sp³-hybridized carbons (Fsp3) is 0.429. The van der Waals surface area contributed by atoms with Gasteiger partial charge in [-0.25, -0.2) is 0 Å². The van der Waals surface area contributed by atoms with Gasteiger partial charge >= 0.3 is 8.25 Å². The highest BCUT2D eigenvalue weighted by Crippen LogP contribution is 2.15. The molecule has 0 bridgehead atoms. The van der Waals surface area contributed by atoms with Crippen molar-refractivity contribution in [3.8, 4) is 0 Å². The molecule has 102 valence electrons. The molecular weight excluding hydrogens is 247 g/mol. The van der Waals surface area contributed by atoms with E-state index in [4.69, 9.17) is 4.89 Å². The largest absolute Gasteiger partial charge is 0.326 e. The number of hydrogen-bond donors (Lipinski definition) is 1. The van der Waals surface area contributed by atoms with Gasteiger partial charge in [0.05, 0.1) is 6.61 Å². The van der Waals surface area contributed by atoms with Crippen LogP contribution in [0.1, 0.15) is 37.8 Å². The Labute approximate surface area is 110 Å². The van der Waals surface area contributed by atoms with Gasteiger partial charge in [0.25, 0.3) is 0 Å². The average Bonchev–Trinajstić information content (AvgIpc) is 2.39. The molecule has 1 rings (SSSR count). The second-order valence-corrected chi connectivity index (χ2v) is 4.63. The minimum Gasteiger partial charge on any atom is -0.326 e. The predicted molar refractivity (Wildman–Crippen MR) is 78.0 cm³/mol. The van der Waals surface area contributed by atoms with Crippen molar-refractivity contribution in [1.29, 1.82) is 0 Å². The van der Waals surface area contributed by atoms with E-state index in [2.05, 4.69) is 25.0 Å². The molecule has 3 nitrogen and oxygen atoms in total. The van der Waals surface area contributed by atoms with E-state index < -0.39 is 8.25 Å². The summed E-state index contributed by atoms with van der Waals surface area (Å²) < 4.78 is 14.8. The molecule has 0 aromatic heterocycles. The molecule has 18 heavy (non-hydrogen) atoms. The van der Waals surface area contributed by atoms with Gasteiger partial charge in [-0.1, -0.05) is 63.6 Å². The minimum atomic E-state index is -2.78. The van der Waals surface area contributed by atoms with Crippen LogP contribution in [0.15, 0.2) is 30.8 Å². The van der Waals surface area contributed by atoms with E-state index in [0.29, 0.717) is 6.42 Å². The lowest BCUT2D eigenvalue weighted by atomic mass is 10.1. The molecule has 4 heteroatoms. The first kappa shape index (κ1) is 17.1. The van der Waals surface area contributed by atoms with E-state index in [1.807, 2.05) is 24.3 Å². The number of rotatable bonds is 6. The highest BCUT2D eigenvalue weighted by molar-refractivity contribution is 7.32. The highest BCUT2D eigenvalue weighted by atomic mass is 31.1. The summed E-state index contributed by atoms with van der Waals surface area (Å²) in [5, 5.41) is 0. The molecule has 0 amide bonds. The van der Waals surface area contributed by atoms with E-state index >= 15 is 0 Å². The smallest absolute Gasteiger partial charge is 0.316 e. The van der Waals surface area contributed by atoms with Gasteiger partial charge in [0.15, 0.2) is 0 Å². The number of unbranched alkanes of at least 4 members (excludes halogenated alkanes) is 1. The van der Waals surface area contributed by atoms with E-state index in [-0.39, 0.29) is 6.61 Å². The summed E-state index contributed by atoms with van der Waals surface area (Å²) in [5.74, 6) is 0. The number of benzene rings is 1. The van der Waals surface area contributed by atoms with Crippen molar-refractivity contribution in [1.82, 2.24) is 0 Å². The first-order chi connectivity index (χ1) is 8.63. The summed E-state index contributed by atoms with van der Waals surface area (Å²) in [6.45, 7) is 8.29. The Bertz CT molecular complexity index is 345. The zero-order chi connectivity index (χ0) is 13.8. The van der Waals surface area contributed by atoms with E-state index in [1.54, 1.807) is 6.08 Å². The SMILES string of the molecule is C=Cc1ccc(CCO[PH](=O)O)cc1.CCCC. The molecule has 0 aliphatic carbocycles. The molecule has 1 aromatic rings. The lowest BCUT2D eigenvalue weighted by Gasteiger charge is -2.01. The third-order valence-electron chi connectivity index (χ3n) is 2.33. The molecule has 0 saturated heterocycles. The van der Waals surface area contributed by atoms with Gasteiger partial charge < -0.3 is 9.42 Å². The molecule has 1 aromatic carbocycles. The molecule has 0 heterocycles. The van der Waals surface area contributed by atoms with Crippen LogP contribution in [0.4, 0.5) is 0 Å². The number of hydrogen-bond acceptors (Lipinski definition) is 2. The maximum atomic E-state index is 10.2. The van der Waals surface area contributed by atoms with Crippen LogP contribution < -0.4 is 0 Å². The second kappa shape index (κ2) is 11.2.